The summed E-state index contributed by atoms with van der Waals surface area (Å²) in [5.74, 6) is -0.781. The van der Waals surface area contributed by atoms with Gasteiger partial charge in [-0.15, -0.1) is 12.6 Å². The molecule has 1 amide bonds. The van der Waals surface area contributed by atoms with Gasteiger partial charge in [-0.05, 0) is 6.42 Å². The first-order chi connectivity index (χ1) is 6.63. The molecule has 0 saturated heterocycles. The summed E-state index contributed by atoms with van der Waals surface area (Å²) >= 11 is 3.95. The summed E-state index contributed by atoms with van der Waals surface area (Å²) in [6.45, 7) is 1.18. The lowest BCUT2D eigenvalue weighted by molar-refractivity contribution is -0.114. The molecule has 0 saturated carbocycles. The van der Waals surface area contributed by atoms with Gasteiger partial charge in [-0.3, -0.25) is 4.79 Å². The van der Waals surface area contributed by atoms with E-state index in [2.05, 4.69) is 17.9 Å². The molecule has 0 bridgehead atoms. The van der Waals surface area contributed by atoms with Crippen molar-refractivity contribution in [2.75, 3.05) is 20.3 Å². The first kappa shape index (κ1) is 12.8. The van der Waals surface area contributed by atoms with Crippen molar-refractivity contribution < 1.29 is 9.53 Å². The van der Waals surface area contributed by atoms with Crippen molar-refractivity contribution in [2.45, 2.75) is 6.42 Å². The predicted molar refractivity (Wildman–Crippen MR) is 55.3 cm³/mol. The number of thiol groups is 1. The number of nitrogens with two attached hydrogens (primary N) is 1. The Bertz CT molecular complexity index is 270. The molecule has 78 valence electrons. The van der Waals surface area contributed by atoms with Crippen LogP contribution in [0.15, 0.2) is 10.6 Å². The fourth-order valence-electron chi connectivity index (χ4n) is 0.736. The molecular weight excluding hydrogens is 202 g/mol. The fraction of sp³-hybridized carbons (Fsp3) is 0.500. The van der Waals surface area contributed by atoms with Crippen LogP contribution < -0.4 is 11.1 Å². The zero-order valence-corrected chi connectivity index (χ0v) is 8.80. The van der Waals surface area contributed by atoms with Crippen LogP contribution in [0.1, 0.15) is 6.42 Å². The molecule has 0 aliphatic rings. The Morgan fingerprint density at radius 2 is 2.36 bits per heavy atom. The number of hydrogen-bond donors (Lipinski definition) is 3. The van der Waals surface area contributed by atoms with Crippen LogP contribution in [-0.2, 0) is 9.53 Å². The Morgan fingerprint density at radius 3 is 2.79 bits per heavy atom. The number of ether oxygens (including phenoxy) is 1. The van der Waals surface area contributed by atoms with E-state index in [0.717, 1.165) is 6.42 Å². The molecule has 0 radical (unpaired) electrons. The third kappa shape index (κ3) is 4.74. The van der Waals surface area contributed by atoms with E-state index >= 15 is 0 Å². The van der Waals surface area contributed by atoms with Gasteiger partial charge in [0.2, 0.25) is 0 Å². The minimum absolute atomic E-state index is 0.161. The Labute approximate surface area is 88.3 Å². The highest BCUT2D eigenvalue weighted by molar-refractivity contribution is 7.84. The van der Waals surface area contributed by atoms with Gasteiger partial charge in [-0.2, -0.15) is 5.26 Å². The highest BCUT2D eigenvalue weighted by atomic mass is 32.1. The SMILES string of the molecule is COCCCN/C(S)=C(\C#N)C(N)=O. The second-order valence-corrected chi connectivity index (χ2v) is 2.92. The van der Waals surface area contributed by atoms with Gasteiger partial charge in [0, 0.05) is 20.3 Å². The maximum absolute atomic E-state index is 10.7. The molecule has 0 aliphatic heterocycles. The molecule has 0 fully saturated rings. The zero-order chi connectivity index (χ0) is 11.0. The summed E-state index contributed by atoms with van der Waals surface area (Å²) in [5, 5.41) is 11.5. The van der Waals surface area contributed by atoms with Crippen molar-refractivity contribution in [1.82, 2.24) is 5.32 Å². The van der Waals surface area contributed by atoms with Gasteiger partial charge in [0.15, 0.2) is 0 Å². The van der Waals surface area contributed by atoms with Crippen LogP contribution in [0.25, 0.3) is 0 Å². The van der Waals surface area contributed by atoms with E-state index in [1.807, 2.05) is 0 Å². The number of nitrogens with one attached hydrogen (secondary N) is 1. The molecule has 0 heterocycles. The highest BCUT2D eigenvalue weighted by Crippen LogP contribution is 2.03. The van der Waals surface area contributed by atoms with Gasteiger partial charge in [0.1, 0.15) is 11.6 Å². The molecule has 3 N–H and O–H groups in total. The van der Waals surface area contributed by atoms with Crippen LogP contribution in [-0.4, -0.2) is 26.2 Å². The second kappa shape index (κ2) is 7.24. The average molecular weight is 215 g/mol. The van der Waals surface area contributed by atoms with E-state index in [-0.39, 0.29) is 10.6 Å². The van der Waals surface area contributed by atoms with Gasteiger partial charge < -0.3 is 15.8 Å². The average Bonchev–Trinajstić information content (AvgIpc) is 2.13. The Hall–Kier alpha value is -1.19. The molecule has 0 aliphatic carbocycles. The van der Waals surface area contributed by atoms with Gasteiger partial charge in [-0.25, -0.2) is 0 Å². The van der Waals surface area contributed by atoms with Gasteiger partial charge in [0.25, 0.3) is 5.91 Å². The minimum Gasteiger partial charge on any atom is -0.385 e. The molecule has 14 heavy (non-hydrogen) atoms. The largest absolute Gasteiger partial charge is 0.385 e. The van der Waals surface area contributed by atoms with Crippen molar-refractivity contribution in [3.05, 3.63) is 10.6 Å². The second-order valence-electron chi connectivity index (χ2n) is 2.47. The van der Waals surface area contributed by atoms with Crippen molar-refractivity contribution in [1.29, 1.82) is 5.26 Å². The van der Waals surface area contributed by atoms with Crippen molar-refractivity contribution in [3.8, 4) is 6.07 Å². The smallest absolute Gasteiger partial charge is 0.262 e. The zero-order valence-electron chi connectivity index (χ0n) is 7.91. The van der Waals surface area contributed by atoms with Crippen LogP contribution in [0, 0.1) is 11.3 Å². The van der Waals surface area contributed by atoms with Gasteiger partial charge in [-0.1, -0.05) is 0 Å². The lowest BCUT2D eigenvalue weighted by Crippen LogP contribution is -2.21. The number of rotatable bonds is 6. The summed E-state index contributed by atoms with van der Waals surface area (Å²) < 4.78 is 4.82. The standard InChI is InChI=1S/C8H13N3O2S/c1-13-4-2-3-11-8(14)6(5-9)7(10)12/h11,14H,2-4H2,1H3,(H2,10,12)/b8-6-. The summed E-state index contributed by atoms with van der Waals surface area (Å²) in [6.07, 6.45) is 0.762. The van der Waals surface area contributed by atoms with Crippen LogP contribution >= 0.6 is 12.6 Å². The van der Waals surface area contributed by atoms with E-state index < -0.39 is 5.91 Å². The maximum atomic E-state index is 10.7. The monoisotopic (exact) mass is 215 g/mol. The van der Waals surface area contributed by atoms with Crippen LogP contribution in [0.4, 0.5) is 0 Å². The van der Waals surface area contributed by atoms with E-state index in [0.29, 0.717) is 13.2 Å². The number of nitriles is 1. The molecule has 0 unspecified atom stereocenters. The maximum Gasteiger partial charge on any atom is 0.262 e. The Morgan fingerprint density at radius 1 is 1.71 bits per heavy atom. The normalized spacial score (nSPS) is 11.5. The third-order valence-corrected chi connectivity index (χ3v) is 1.79. The lowest BCUT2D eigenvalue weighted by Gasteiger charge is -2.05. The fourth-order valence-corrected chi connectivity index (χ4v) is 1.01. The number of primary amides is 1. The molecule has 6 heteroatoms. The quantitative estimate of drug-likeness (QED) is 0.247. The minimum atomic E-state index is -0.781. The van der Waals surface area contributed by atoms with Gasteiger partial charge in [0.05, 0.1) is 5.03 Å². The van der Waals surface area contributed by atoms with Crippen LogP contribution in [0.5, 0.6) is 0 Å². The lowest BCUT2D eigenvalue weighted by atomic mass is 10.3. The number of nitrogens with zero attached hydrogens (tertiary/aromatic N) is 1. The number of carbonyl (C=O) groups excluding carboxylic acids is 1. The molecule has 0 aromatic rings. The predicted octanol–water partition coefficient (Wildman–Crippen LogP) is -0.237. The number of methoxy groups -OCH3 is 1. The molecule has 0 spiro atoms. The molecule has 0 atom stereocenters. The number of carbonyl (C=O) groups is 1. The molecule has 0 aromatic carbocycles. The van der Waals surface area contributed by atoms with E-state index in [1.54, 1.807) is 13.2 Å². The Kier molecular flexibility index (Phi) is 6.62. The van der Waals surface area contributed by atoms with Crippen LogP contribution in [0.2, 0.25) is 0 Å². The Balaban J connectivity index is 4.09. The van der Waals surface area contributed by atoms with E-state index in [1.165, 1.54) is 0 Å². The van der Waals surface area contributed by atoms with Crippen molar-refractivity contribution >= 4 is 18.5 Å². The van der Waals surface area contributed by atoms with Crippen molar-refractivity contribution in [3.63, 3.8) is 0 Å². The summed E-state index contributed by atoms with van der Waals surface area (Å²) in [6, 6.07) is 1.68. The topological polar surface area (TPSA) is 88.1 Å². The van der Waals surface area contributed by atoms with E-state index in [4.69, 9.17) is 15.7 Å². The van der Waals surface area contributed by atoms with Gasteiger partial charge >= 0.3 is 0 Å². The first-order valence-corrected chi connectivity index (χ1v) is 4.44. The molecule has 5 nitrogen and oxygen atoms in total. The van der Waals surface area contributed by atoms with Crippen LogP contribution in [0.3, 0.4) is 0 Å². The van der Waals surface area contributed by atoms with Crippen molar-refractivity contribution in [2.24, 2.45) is 5.73 Å². The summed E-state index contributed by atoms with van der Waals surface area (Å²) in [7, 11) is 1.60. The third-order valence-electron chi connectivity index (χ3n) is 1.41. The molecule has 0 rings (SSSR count). The summed E-state index contributed by atoms with van der Waals surface area (Å²) in [4.78, 5) is 10.7. The first-order valence-electron chi connectivity index (χ1n) is 3.99. The highest BCUT2D eigenvalue weighted by Gasteiger charge is 2.08. The summed E-state index contributed by atoms with van der Waals surface area (Å²) in [5.41, 5.74) is 4.78. The number of hydrogen-bond acceptors (Lipinski definition) is 5. The number of amides is 1. The van der Waals surface area contributed by atoms with E-state index in [9.17, 15) is 4.79 Å². The molecular formula is C8H13N3O2S. The molecule has 0 aromatic heterocycles.